The van der Waals surface area contributed by atoms with Gasteiger partial charge in [-0.2, -0.15) is 5.10 Å². The van der Waals surface area contributed by atoms with Gasteiger partial charge in [-0.1, -0.05) is 26.0 Å². The highest BCUT2D eigenvalue weighted by molar-refractivity contribution is 5.83. The van der Waals surface area contributed by atoms with Gasteiger partial charge in [0.05, 0.1) is 36.2 Å². The molecule has 0 radical (unpaired) electrons. The highest BCUT2D eigenvalue weighted by Crippen LogP contribution is 2.29. The van der Waals surface area contributed by atoms with Crippen LogP contribution in [0.4, 0.5) is 0 Å². The molecular weight excluding hydrogens is 358 g/mol. The van der Waals surface area contributed by atoms with E-state index in [9.17, 15) is 9.90 Å². The van der Waals surface area contributed by atoms with Crippen LogP contribution in [-0.2, 0) is 11.3 Å². The quantitative estimate of drug-likeness (QED) is 0.656. The second kappa shape index (κ2) is 9.14. The summed E-state index contributed by atoms with van der Waals surface area (Å²) in [6, 6.07) is 10.6. The third-order valence-corrected chi connectivity index (χ3v) is 4.31. The number of ether oxygens (including phenoxy) is 2. The fraction of sp³-hybridized carbons (Fsp3) is 0.286. The first-order chi connectivity index (χ1) is 13.8. The summed E-state index contributed by atoms with van der Waals surface area (Å²) in [6.07, 6.45) is 4.05. The third-order valence-electron chi connectivity index (χ3n) is 4.31. The Morgan fingerprint density at radius 2 is 2.04 bits per heavy atom. The Labute approximate surface area is 163 Å². The number of nitrogens with zero attached hydrogens (tertiary/aromatic N) is 3. The van der Waals surface area contributed by atoms with Crippen molar-refractivity contribution >= 4 is 6.29 Å². The molecule has 1 saturated heterocycles. The molecule has 4 rings (SSSR count). The Hall–Kier alpha value is -3.19. The number of phenolic OH excluding ortho intramolecular Hbond substituents is 1. The van der Waals surface area contributed by atoms with Crippen LogP contribution in [0.3, 0.4) is 0 Å². The van der Waals surface area contributed by atoms with Gasteiger partial charge in [0, 0.05) is 18.0 Å². The van der Waals surface area contributed by atoms with Gasteiger partial charge in [-0.3, -0.25) is 14.5 Å². The number of rotatable bonds is 6. The van der Waals surface area contributed by atoms with Crippen LogP contribution in [0.1, 0.15) is 35.8 Å². The van der Waals surface area contributed by atoms with Gasteiger partial charge >= 0.3 is 0 Å². The number of hydrogen-bond donors (Lipinski definition) is 1. The Kier molecular flexibility index (Phi) is 6.39. The second-order valence-corrected chi connectivity index (χ2v) is 5.96. The summed E-state index contributed by atoms with van der Waals surface area (Å²) in [6.45, 7) is 5.48. The molecule has 3 aromatic rings. The average molecular weight is 381 g/mol. The SMILES string of the molecule is CC.O=Cc1c(O)cccc1OCc1cccnc1-c1ccnn1C1COC1. The van der Waals surface area contributed by atoms with E-state index in [1.54, 1.807) is 24.5 Å². The van der Waals surface area contributed by atoms with Crippen molar-refractivity contribution in [2.45, 2.75) is 26.5 Å². The Morgan fingerprint density at radius 1 is 1.21 bits per heavy atom. The molecule has 1 fully saturated rings. The first-order valence-corrected chi connectivity index (χ1v) is 9.23. The van der Waals surface area contributed by atoms with Crippen LogP contribution in [-0.4, -0.2) is 39.4 Å². The normalized spacial score (nSPS) is 13.2. The molecule has 0 aliphatic carbocycles. The van der Waals surface area contributed by atoms with E-state index < -0.39 is 0 Å². The number of carbonyl (C=O) groups is 1. The Morgan fingerprint density at radius 3 is 2.75 bits per heavy atom. The number of aldehydes is 1. The number of aromatic nitrogens is 3. The van der Waals surface area contributed by atoms with Crippen LogP contribution < -0.4 is 4.74 Å². The van der Waals surface area contributed by atoms with Gasteiger partial charge in [0.25, 0.3) is 0 Å². The molecule has 1 aliphatic rings. The van der Waals surface area contributed by atoms with E-state index in [4.69, 9.17) is 9.47 Å². The minimum atomic E-state index is -0.105. The summed E-state index contributed by atoms with van der Waals surface area (Å²) >= 11 is 0. The van der Waals surface area contributed by atoms with Crippen molar-refractivity contribution in [2.24, 2.45) is 0 Å². The van der Waals surface area contributed by atoms with Crippen molar-refractivity contribution in [3.05, 3.63) is 59.9 Å². The van der Waals surface area contributed by atoms with Gasteiger partial charge < -0.3 is 14.6 Å². The first-order valence-electron chi connectivity index (χ1n) is 9.23. The number of pyridine rings is 1. The van der Waals surface area contributed by atoms with Gasteiger partial charge in [-0.25, -0.2) is 0 Å². The zero-order valence-electron chi connectivity index (χ0n) is 15.9. The minimum Gasteiger partial charge on any atom is -0.507 e. The van der Waals surface area contributed by atoms with E-state index in [1.807, 2.05) is 36.7 Å². The summed E-state index contributed by atoms with van der Waals surface area (Å²) in [7, 11) is 0. The molecule has 3 heterocycles. The molecule has 1 aromatic carbocycles. The lowest BCUT2D eigenvalue weighted by molar-refractivity contribution is -0.0279. The predicted octanol–water partition coefficient (Wildman–Crippen LogP) is 3.64. The monoisotopic (exact) mass is 381 g/mol. The Balaban J connectivity index is 0.00000109. The van der Waals surface area contributed by atoms with E-state index in [2.05, 4.69) is 10.1 Å². The van der Waals surface area contributed by atoms with Gasteiger partial charge in [0.15, 0.2) is 6.29 Å². The van der Waals surface area contributed by atoms with Gasteiger partial charge in [0.2, 0.25) is 0 Å². The van der Waals surface area contributed by atoms with Gasteiger partial charge in [0.1, 0.15) is 18.1 Å². The standard InChI is InChI=1S/C19H17N3O4.C2H6/c23-9-15-17(24)4-1-5-18(15)26-10-13-3-2-7-20-19(13)16-6-8-21-22(16)14-11-25-12-14;1-2/h1-9,14,24H,10-12H2;1-2H3. The highest BCUT2D eigenvalue weighted by atomic mass is 16.5. The summed E-state index contributed by atoms with van der Waals surface area (Å²) in [5.74, 6) is 0.225. The summed E-state index contributed by atoms with van der Waals surface area (Å²) in [5.41, 5.74) is 2.65. The topological polar surface area (TPSA) is 86.5 Å². The molecule has 1 N–H and O–H groups in total. The zero-order chi connectivity index (χ0) is 19.9. The molecule has 2 aromatic heterocycles. The number of hydrogen-bond acceptors (Lipinski definition) is 6. The largest absolute Gasteiger partial charge is 0.507 e. The van der Waals surface area contributed by atoms with Gasteiger partial charge in [-0.05, 0) is 24.3 Å². The van der Waals surface area contributed by atoms with E-state index in [1.165, 1.54) is 6.07 Å². The molecule has 0 saturated carbocycles. The molecule has 28 heavy (non-hydrogen) atoms. The van der Waals surface area contributed by atoms with Crippen molar-refractivity contribution in [3.63, 3.8) is 0 Å². The molecule has 0 atom stereocenters. The summed E-state index contributed by atoms with van der Waals surface area (Å²) < 4.78 is 13.0. The maximum atomic E-state index is 11.2. The molecule has 0 bridgehead atoms. The molecule has 0 unspecified atom stereocenters. The molecular formula is C21H23N3O4. The summed E-state index contributed by atoms with van der Waals surface area (Å²) in [5, 5.41) is 14.2. The number of aromatic hydroxyl groups is 1. The van der Waals surface area contributed by atoms with Crippen LogP contribution >= 0.6 is 0 Å². The zero-order valence-corrected chi connectivity index (χ0v) is 15.9. The van der Waals surface area contributed by atoms with Crippen molar-refractivity contribution in [1.29, 1.82) is 0 Å². The average Bonchev–Trinajstić information content (AvgIpc) is 3.15. The lowest BCUT2D eigenvalue weighted by Crippen LogP contribution is -2.31. The van der Waals surface area contributed by atoms with Crippen LogP contribution in [0.2, 0.25) is 0 Å². The summed E-state index contributed by atoms with van der Waals surface area (Å²) in [4.78, 5) is 15.7. The predicted molar refractivity (Wildman–Crippen MR) is 104 cm³/mol. The lowest BCUT2D eigenvalue weighted by Gasteiger charge is -2.28. The molecule has 7 nitrogen and oxygen atoms in total. The number of carbonyl (C=O) groups excluding carboxylic acids is 1. The molecule has 0 spiro atoms. The van der Waals surface area contributed by atoms with Crippen molar-refractivity contribution in [3.8, 4) is 22.9 Å². The number of phenols is 1. The minimum absolute atomic E-state index is 0.105. The lowest BCUT2D eigenvalue weighted by atomic mass is 10.1. The Bertz CT molecular complexity index is 935. The van der Waals surface area contributed by atoms with Crippen LogP contribution in [0, 0.1) is 0 Å². The molecule has 0 amide bonds. The van der Waals surface area contributed by atoms with E-state index in [0.717, 1.165) is 17.0 Å². The smallest absolute Gasteiger partial charge is 0.157 e. The maximum absolute atomic E-state index is 11.2. The van der Waals surface area contributed by atoms with Crippen LogP contribution in [0.25, 0.3) is 11.4 Å². The van der Waals surface area contributed by atoms with E-state index >= 15 is 0 Å². The van der Waals surface area contributed by atoms with Gasteiger partial charge in [-0.15, -0.1) is 0 Å². The van der Waals surface area contributed by atoms with Crippen LogP contribution in [0.5, 0.6) is 11.5 Å². The molecule has 1 aliphatic heterocycles. The number of benzene rings is 1. The van der Waals surface area contributed by atoms with Crippen molar-refractivity contribution < 1.29 is 19.4 Å². The third kappa shape index (κ3) is 3.89. The fourth-order valence-electron chi connectivity index (χ4n) is 2.88. The van der Waals surface area contributed by atoms with Crippen molar-refractivity contribution in [2.75, 3.05) is 13.2 Å². The first kappa shape index (κ1) is 19.6. The second-order valence-electron chi connectivity index (χ2n) is 5.96. The maximum Gasteiger partial charge on any atom is 0.157 e. The fourth-order valence-corrected chi connectivity index (χ4v) is 2.88. The van der Waals surface area contributed by atoms with Crippen LogP contribution in [0.15, 0.2) is 48.8 Å². The van der Waals surface area contributed by atoms with E-state index in [0.29, 0.717) is 25.2 Å². The molecule has 146 valence electrons. The van der Waals surface area contributed by atoms with E-state index in [-0.39, 0.29) is 24.0 Å². The molecule has 7 heteroatoms. The van der Waals surface area contributed by atoms with Crippen molar-refractivity contribution in [1.82, 2.24) is 14.8 Å². The highest BCUT2D eigenvalue weighted by Gasteiger charge is 2.25.